The second-order valence-electron chi connectivity index (χ2n) is 6.90. The van der Waals surface area contributed by atoms with E-state index >= 15 is 0 Å². The van der Waals surface area contributed by atoms with Gasteiger partial charge in [-0.1, -0.05) is 52.0 Å². The van der Waals surface area contributed by atoms with Crippen LogP contribution in [0.25, 0.3) is 0 Å². The van der Waals surface area contributed by atoms with E-state index in [0.717, 1.165) is 39.4 Å². The Bertz CT molecular complexity index is 416. The van der Waals surface area contributed by atoms with E-state index < -0.39 is 0 Å². The second kappa shape index (κ2) is 7.39. The molecule has 1 saturated heterocycles. The molecule has 0 radical (unpaired) electrons. The van der Waals surface area contributed by atoms with Gasteiger partial charge in [-0.3, -0.25) is 4.90 Å². The summed E-state index contributed by atoms with van der Waals surface area (Å²) in [5.74, 6) is 0. The number of morpholine rings is 1. The summed E-state index contributed by atoms with van der Waals surface area (Å²) in [5, 5.41) is 3.62. The molecule has 1 aromatic carbocycles. The van der Waals surface area contributed by atoms with E-state index in [2.05, 4.69) is 62.2 Å². The Labute approximate surface area is 129 Å². The first-order valence-corrected chi connectivity index (χ1v) is 8.14. The molecular weight excluding hydrogens is 260 g/mol. The van der Waals surface area contributed by atoms with Crippen molar-refractivity contribution in [1.29, 1.82) is 0 Å². The van der Waals surface area contributed by atoms with Crippen molar-refractivity contribution in [3.8, 4) is 0 Å². The molecule has 0 spiro atoms. The molecule has 1 heterocycles. The highest BCUT2D eigenvalue weighted by Crippen LogP contribution is 2.24. The van der Waals surface area contributed by atoms with Gasteiger partial charge in [0.25, 0.3) is 0 Å². The third kappa shape index (κ3) is 4.80. The summed E-state index contributed by atoms with van der Waals surface area (Å²) in [6, 6.07) is 9.53. The summed E-state index contributed by atoms with van der Waals surface area (Å²) < 4.78 is 5.44. The van der Waals surface area contributed by atoms with Crippen LogP contribution < -0.4 is 5.32 Å². The predicted molar refractivity (Wildman–Crippen MR) is 88.8 cm³/mol. The van der Waals surface area contributed by atoms with Crippen molar-refractivity contribution < 1.29 is 4.74 Å². The van der Waals surface area contributed by atoms with Gasteiger partial charge in [-0.2, -0.15) is 0 Å². The van der Waals surface area contributed by atoms with Gasteiger partial charge < -0.3 is 10.1 Å². The molecule has 1 aliphatic heterocycles. The fraction of sp³-hybridized carbons (Fsp3) is 0.667. The molecule has 0 bridgehead atoms. The van der Waals surface area contributed by atoms with Gasteiger partial charge in [0.15, 0.2) is 0 Å². The lowest BCUT2D eigenvalue weighted by molar-refractivity contribution is 0.0335. The molecule has 3 heteroatoms. The minimum Gasteiger partial charge on any atom is -0.379 e. The van der Waals surface area contributed by atoms with Crippen molar-refractivity contribution in [1.82, 2.24) is 10.2 Å². The van der Waals surface area contributed by atoms with Crippen molar-refractivity contribution in [2.45, 2.75) is 39.2 Å². The summed E-state index contributed by atoms with van der Waals surface area (Å²) in [7, 11) is 0. The lowest BCUT2D eigenvalue weighted by Crippen LogP contribution is -2.41. The zero-order valence-corrected chi connectivity index (χ0v) is 14.0. The van der Waals surface area contributed by atoms with Crippen LogP contribution in [0.1, 0.15) is 44.9 Å². The van der Waals surface area contributed by atoms with E-state index in [9.17, 15) is 0 Å². The summed E-state index contributed by atoms with van der Waals surface area (Å²) >= 11 is 0. The van der Waals surface area contributed by atoms with Crippen molar-refractivity contribution in [3.63, 3.8) is 0 Å². The number of nitrogens with zero attached hydrogens (tertiary/aromatic N) is 1. The monoisotopic (exact) mass is 290 g/mol. The molecule has 1 N–H and O–H groups in total. The molecule has 118 valence electrons. The molecule has 1 atom stereocenters. The fourth-order valence-electron chi connectivity index (χ4n) is 2.79. The molecule has 0 amide bonds. The number of hydrogen-bond acceptors (Lipinski definition) is 3. The Kier molecular flexibility index (Phi) is 5.80. The SMILES string of the molecule is CCNC(CN1CCOCC1)c1ccc(C(C)(C)C)cc1. The Morgan fingerprint density at radius 3 is 2.29 bits per heavy atom. The average Bonchev–Trinajstić information content (AvgIpc) is 2.47. The van der Waals surface area contributed by atoms with E-state index in [1.165, 1.54) is 11.1 Å². The van der Waals surface area contributed by atoms with Crippen LogP contribution in [0, 0.1) is 0 Å². The Balaban J connectivity index is 2.06. The summed E-state index contributed by atoms with van der Waals surface area (Å²) in [6.45, 7) is 14.8. The Hall–Kier alpha value is -0.900. The van der Waals surface area contributed by atoms with Crippen LogP contribution in [0.5, 0.6) is 0 Å². The maximum Gasteiger partial charge on any atom is 0.0594 e. The number of ether oxygens (including phenoxy) is 1. The van der Waals surface area contributed by atoms with Crippen LogP contribution in [0.4, 0.5) is 0 Å². The zero-order chi connectivity index (χ0) is 15.3. The van der Waals surface area contributed by atoms with Crippen molar-refractivity contribution >= 4 is 0 Å². The number of likely N-dealkylation sites (N-methyl/N-ethyl adjacent to an activating group) is 1. The molecule has 1 aliphatic rings. The van der Waals surface area contributed by atoms with Gasteiger partial charge in [0.05, 0.1) is 13.2 Å². The summed E-state index contributed by atoms with van der Waals surface area (Å²) in [5.41, 5.74) is 3.00. The van der Waals surface area contributed by atoms with Crippen LogP contribution in [0.2, 0.25) is 0 Å². The van der Waals surface area contributed by atoms with Crippen molar-refractivity contribution in [2.75, 3.05) is 39.4 Å². The molecule has 0 aromatic heterocycles. The average molecular weight is 290 g/mol. The van der Waals surface area contributed by atoms with E-state index in [-0.39, 0.29) is 5.41 Å². The van der Waals surface area contributed by atoms with Crippen LogP contribution in [0.3, 0.4) is 0 Å². The largest absolute Gasteiger partial charge is 0.379 e. The first kappa shape index (κ1) is 16.5. The van der Waals surface area contributed by atoms with Gasteiger partial charge in [-0.15, -0.1) is 0 Å². The standard InChI is InChI=1S/C18H30N2O/c1-5-19-17(14-20-10-12-21-13-11-20)15-6-8-16(9-7-15)18(2,3)4/h6-9,17,19H,5,10-14H2,1-4H3. The van der Waals surface area contributed by atoms with Gasteiger partial charge in [0, 0.05) is 25.7 Å². The van der Waals surface area contributed by atoms with Crippen LogP contribution >= 0.6 is 0 Å². The normalized spacial score (nSPS) is 18.7. The first-order chi connectivity index (χ1) is 10.0. The molecule has 1 unspecified atom stereocenters. The molecule has 0 aliphatic carbocycles. The maximum absolute atomic E-state index is 5.44. The van der Waals surface area contributed by atoms with E-state index in [1.54, 1.807) is 0 Å². The Morgan fingerprint density at radius 2 is 1.76 bits per heavy atom. The Morgan fingerprint density at radius 1 is 1.14 bits per heavy atom. The van der Waals surface area contributed by atoms with Gasteiger partial charge in [-0.25, -0.2) is 0 Å². The topological polar surface area (TPSA) is 24.5 Å². The van der Waals surface area contributed by atoms with Crippen LogP contribution in [-0.4, -0.2) is 44.3 Å². The highest BCUT2D eigenvalue weighted by molar-refractivity contribution is 5.29. The molecule has 0 saturated carbocycles. The van der Waals surface area contributed by atoms with E-state index in [4.69, 9.17) is 4.74 Å². The lowest BCUT2D eigenvalue weighted by Gasteiger charge is -2.31. The quantitative estimate of drug-likeness (QED) is 0.902. The van der Waals surface area contributed by atoms with Crippen molar-refractivity contribution in [3.05, 3.63) is 35.4 Å². The molecular formula is C18H30N2O. The maximum atomic E-state index is 5.44. The van der Waals surface area contributed by atoms with Gasteiger partial charge >= 0.3 is 0 Å². The van der Waals surface area contributed by atoms with Crippen molar-refractivity contribution in [2.24, 2.45) is 0 Å². The van der Waals surface area contributed by atoms with Gasteiger partial charge in [-0.05, 0) is 23.1 Å². The fourth-order valence-corrected chi connectivity index (χ4v) is 2.79. The minimum absolute atomic E-state index is 0.219. The van der Waals surface area contributed by atoms with Crippen LogP contribution in [0.15, 0.2) is 24.3 Å². The van der Waals surface area contributed by atoms with Crippen LogP contribution in [-0.2, 0) is 10.2 Å². The number of rotatable bonds is 5. The number of benzene rings is 1. The first-order valence-electron chi connectivity index (χ1n) is 8.14. The van der Waals surface area contributed by atoms with Gasteiger partial charge in [0.1, 0.15) is 0 Å². The second-order valence-corrected chi connectivity index (χ2v) is 6.90. The number of nitrogens with one attached hydrogen (secondary N) is 1. The molecule has 3 nitrogen and oxygen atoms in total. The number of hydrogen-bond donors (Lipinski definition) is 1. The summed E-state index contributed by atoms with van der Waals surface area (Å²) in [6.07, 6.45) is 0. The molecule has 1 fully saturated rings. The third-order valence-electron chi connectivity index (χ3n) is 4.17. The highest BCUT2D eigenvalue weighted by Gasteiger charge is 2.19. The predicted octanol–water partition coefficient (Wildman–Crippen LogP) is 2.97. The smallest absolute Gasteiger partial charge is 0.0594 e. The molecule has 1 aromatic rings. The highest BCUT2D eigenvalue weighted by atomic mass is 16.5. The van der Waals surface area contributed by atoms with Gasteiger partial charge in [0.2, 0.25) is 0 Å². The van der Waals surface area contributed by atoms with E-state index in [0.29, 0.717) is 6.04 Å². The molecule has 2 rings (SSSR count). The summed E-state index contributed by atoms with van der Waals surface area (Å²) in [4.78, 5) is 2.49. The third-order valence-corrected chi connectivity index (χ3v) is 4.17. The molecule has 21 heavy (non-hydrogen) atoms. The zero-order valence-electron chi connectivity index (χ0n) is 14.0. The minimum atomic E-state index is 0.219. The van der Waals surface area contributed by atoms with E-state index in [1.807, 2.05) is 0 Å². The lowest BCUT2D eigenvalue weighted by atomic mass is 9.86.